The quantitative estimate of drug-likeness (QED) is 0.488. The summed E-state index contributed by atoms with van der Waals surface area (Å²) in [5, 5.41) is 14.7. The van der Waals surface area contributed by atoms with E-state index in [9.17, 15) is 4.79 Å². The second-order valence-corrected chi connectivity index (χ2v) is 8.53. The van der Waals surface area contributed by atoms with Crippen LogP contribution in [0.15, 0.2) is 22.7 Å². The number of hydrogen-bond donors (Lipinski definition) is 1. The lowest BCUT2D eigenvalue weighted by atomic mass is 10.1. The molecule has 25 heavy (non-hydrogen) atoms. The lowest BCUT2D eigenvalue weighted by Crippen LogP contribution is -2.33. The van der Waals surface area contributed by atoms with Crippen LogP contribution < -0.4 is 5.32 Å². The van der Waals surface area contributed by atoms with Gasteiger partial charge in [0.15, 0.2) is 11.0 Å². The topological polar surface area (TPSA) is 59.8 Å². The van der Waals surface area contributed by atoms with Gasteiger partial charge in [-0.2, -0.15) is 0 Å². The summed E-state index contributed by atoms with van der Waals surface area (Å²) in [6.07, 6.45) is 7.00. The molecule has 1 unspecified atom stereocenters. The number of nitrogens with zero attached hydrogens (tertiary/aromatic N) is 3. The molecule has 2 aromatic rings. The van der Waals surface area contributed by atoms with E-state index in [1.54, 1.807) is 11.3 Å². The molecule has 3 rings (SSSR count). The van der Waals surface area contributed by atoms with Gasteiger partial charge in [0.2, 0.25) is 5.91 Å². The first-order valence-electron chi connectivity index (χ1n) is 9.10. The zero-order valence-corrected chi connectivity index (χ0v) is 16.5. The molecular formula is C18H26N4OS2. The number of unbranched alkanes of at least 4 members (excludes halogenated alkanes) is 2. The van der Waals surface area contributed by atoms with E-state index in [-0.39, 0.29) is 11.9 Å². The molecule has 0 bridgehead atoms. The molecule has 0 aliphatic heterocycles. The second kappa shape index (κ2) is 8.85. The van der Waals surface area contributed by atoms with E-state index in [2.05, 4.69) is 45.4 Å². The number of carbonyl (C=O) groups is 1. The third kappa shape index (κ3) is 5.07. The van der Waals surface area contributed by atoms with Crippen molar-refractivity contribution in [3.05, 3.63) is 17.5 Å². The molecule has 1 saturated carbocycles. The number of amides is 1. The van der Waals surface area contributed by atoms with Crippen LogP contribution in [0.2, 0.25) is 0 Å². The van der Waals surface area contributed by atoms with Crippen molar-refractivity contribution < 1.29 is 4.79 Å². The SMILES string of the molecule is CCCCCC(C)NC(=O)CSc1nnc(-c2cccs2)n1C1CC1. The van der Waals surface area contributed by atoms with E-state index in [1.807, 2.05) is 6.07 Å². The van der Waals surface area contributed by atoms with E-state index < -0.39 is 0 Å². The van der Waals surface area contributed by atoms with Gasteiger partial charge in [0.25, 0.3) is 0 Å². The Labute approximate surface area is 157 Å². The summed E-state index contributed by atoms with van der Waals surface area (Å²) in [6.45, 7) is 4.28. The number of nitrogens with one attached hydrogen (secondary N) is 1. The fourth-order valence-electron chi connectivity index (χ4n) is 2.83. The van der Waals surface area contributed by atoms with Gasteiger partial charge in [0.1, 0.15) is 0 Å². The van der Waals surface area contributed by atoms with Crippen LogP contribution in [0.1, 0.15) is 58.4 Å². The summed E-state index contributed by atoms with van der Waals surface area (Å²) in [6, 6.07) is 4.84. The highest BCUT2D eigenvalue weighted by Gasteiger charge is 2.30. The predicted molar refractivity (Wildman–Crippen MR) is 104 cm³/mol. The zero-order chi connectivity index (χ0) is 17.6. The van der Waals surface area contributed by atoms with Gasteiger partial charge in [0, 0.05) is 12.1 Å². The Morgan fingerprint density at radius 1 is 1.44 bits per heavy atom. The van der Waals surface area contributed by atoms with Crippen LogP contribution in [-0.2, 0) is 4.79 Å². The summed E-state index contributed by atoms with van der Waals surface area (Å²) in [5.41, 5.74) is 0. The Morgan fingerprint density at radius 2 is 2.28 bits per heavy atom. The van der Waals surface area contributed by atoms with Crippen molar-refractivity contribution in [3.8, 4) is 10.7 Å². The van der Waals surface area contributed by atoms with Crippen LogP contribution in [0, 0.1) is 0 Å². The highest BCUT2D eigenvalue weighted by molar-refractivity contribution is 7.99. The minimum absolute atomic E-state index is 0.0806. The number of thioether (sulfide) groups is 1. The van der Waals surface area contributed by atoms with Crippen molar-refractivity contribution in [2.45, 2.75) is 69.6 Å². The lowest BCUT2D eigenvalue weighted by molar-refractivity contribution is -0.119. The average molecular weight is 379 g/mol. The molecule has 1 fully saturated rings. The van der Waals surface area contributed by atoms with Gasteiger partial charge in [-0.25, -0.2) is 0 Å². The molecule has 5 nitrogen and oxygen atoms in total. The van der Waals surface area contributed by atoms with Crippen molar-refractivity contribution in [2.75, 3.05) is 5.75 Å². The molecular weight excluding hydrogens is 352 g/mol. The summed E-state index contributed by atoms with van der Waals surface area (Å²) in [4.78, 5) is 13.3. The molecule has 0 aromatic carbocycles. The van der Waals surface area contributed by atoms with Crippen molar-refractivity contribution in [2.24, 2.45) is 0 Å². The van der Waals surface area contributed by atoms with E-state index in [4.69, 9.17) is 0 Å². The molecule has 1 aliphatic rings. The van der Waals surface area contributed by atoms with Crippen LogP contribution in [0.4, 0.5) is 0 Å². The first-order valence-corrected chi connectivity index (χ1v) is 11.0. The Hall–Kier alpha value is -1.34. The van der Waals surface area contributed by atoms with Gasteiger partial charge in [-0.3, -0.25) is 9.36 Å². The Balaban J connectivity index is 1.56. The van der Waals surface area contributed by atoms with Crippen LogP contribution in [0.5, 0.6) is 0 Å². The lowest BCUT2D eigenvalue weighted by Gasteiger charge is -2.13. The van der Waals surface area contributed by atoms with E-state index in [0.29, 0.717) is 11.8 Å². The largest absolute Gasteiger partial charge is 0.353 e. The van der Waals surface area contributed by atoms with E-state index in [1.165, 1.54) is 43.9 Å². The maximum absolute atomic E-state index is 12.2. The van der Waals surface area contributed by atoms with Crippen LogP contribution >= 0.6 is 23.1 Å². The maximum Gasteiger partial charge on any atom is 0.230 e. The van der Waals surface area contributed by atoms with Crippen LogP contribution in [0.3, 0.4) is 0 Å². The molecule has 0 radical (unpaired) electrons. The van der Waals surface area contributed by atoms with Crippen molar-refractivity contribution in [1.29, 1.82) is 0 Å². The highest BCUT2D eigenvalue weighted by Crippen LogP contribution is 2.41. The number of aromatic nitrogens is 3. The minimum atomic E-state index is 0.0806. The summed E-state index contributed by atoms with van der Waals surface area (Å²) < 4.78 is 2.22. The minimum Gasteiger partial charge on any atom is -0.353 e. The van der Waals surface area contributed by atoms with Crippen molar-refractivity contribution in [1.82, 2.24) is 20.1 Å². The predicted octanol–water partition coefficient (Wildman–Crippen LogP) is 4.52. The Kier molecular flexibility index (Phi) is 6.53. The molecule has 2 aromatic heterocycles. The van der Waals surface area contributed by atoms with Gasteiger partial charge in [-0.05, 0) is 37.6 Å². The fraction of sp³-hybridized carbons (Fsp3) is 0.611. The van der Waals surface area contributed by atoms with Crippen LogP contribution in [-0.4, -0.2) is 32.5 Å². The van der Waals surface area contributed by atoms with E-state index in [0.717, 1.165) is 22.3 Å². The molecule has 0 spiro atoms. The number of hydrogen-bond acceptors (Lipinski definition) is 5. The first kappa shape index (κ1) is 18.5. The Bertz CT molecular complexity index is 679. The summed E-state index contributed by atoms with van der Waals surface area (Å²) >= 11 is 3.17. The summed E-state index contributed by atoms with van der Waals surface area (Å²) in [7, 11) is 0. The maximum atomic E-state index is 12.2. The molecule has 1 atom stereocenters. The molecule has 1 amide bonds. The van der Waals surface area contributed by atoms with Crippen molar-refractivity contribution in [3.63, 3.8) is 0 Å². The monoisotopic (exact) mass is 378 g/mol. The van der Waals surface area contributed by atoms with Gasteiger partial charge < -0.3 is 5.32 Å². The van der Waals surface area contributed by atoms with Crippen molar-refractivity contribution >= 4 is 29.0 Å². The van der Waals surface area contributed by atoms with Gasteiger partial charge in [-0.1, -0.05) is 44.0 Å². The number of carbonyl (C=O) groups excluding carboxylic acids is 1. The molecule has 136 valence electrons. The molecule has 2 heterocycles. The molecule has 1 aliphatic carbocycles. The normalized spacial score (nSPS) is 15.3. The molecule has 0 saturated heterocycles. The fourth-order valence-corrected chi connectivity index (χ4v) is 4.35. The van der Waals surface area contributed by atoms with Crippen LogP contribution in [0.25, 0.3) is 10.7 Å². The number of thiophene rings is 1. The first-order chi connectivity index (χ1) is 12.2. The summed E-state index contributed by atoms with van der Waals surface area (Å²) in [5.74, 6) is 1.42. The Morgan fingerprint density at radius 3 is 2.96 bits per heavy atom. The van der Waals surface area contributed by atoms with Gasteiger partial charge >= 0.3 is 0 Å². The van der Waals surface area contributed by atoms with E-state index >= 15 is 0 Å². The smallest absolute Gasteiger partial charge is 0.230 e. The average Bonchev–Trinajstić information content (AvgIpc) is 3.11. The highest BCUT2D eigenvalue weighted by atomic mass is 32.2. The standard InChI is InChI=1S/C18H26N4OS2/c1-3-4-5-7-13(2)19-16(23)12-25-18-21-20-17(15-8-6-11-24-15)22(18)14-9-10-14/h6,8,11,13-14H,3-5,7,9-10,12H2,1-2H3,(H,19,23). The van der Waals surface area contributed by atoms with Gasteiger partial charge in [0.05, 0.1) is 10.6 Å². The zero-order valence-electron chi connectivity index (χ0n) is 14.9. The number of rotatable bonds is 10. The molecule has 7 heteroatoms. The third-order valence-electron chi connectivity index (χ3n) is 4.30. The molecule has 1 N–H and O–H groups in total. The van der Waals surface area contributed by atoms with Gasteiger partial charge in [-0.15, -0.1) is 21.5 Å². The second-order valence-electron chi connectivity index (χ2n) is 6.64. The third-order valence-corrected chi connectivity index (χ3v) is 6.11.